The molecule has 8 heteroatoms. The van der Waals surface area contributed by atoms with Gasteiger partial charge in [0.2, 0.25) is 11.8 Å². The number of piperazine rings is 1. The molecule has 6 nitrogen and oxygen atoms in total. The Morgan fingerprint density at radius 1 is 1.43 bits per heavy atom. The second-order valence-electron chi connectivity index (χ2n) is 5.27. The van der Waals surface area contributed by atoms with Gasteiger partial charge in [0.15, 0.2) is 0 Å². The molecule has 2 aliphatic heterocycles. The third kappa shape index (κ3) is 2.63. The molecule has 3 rings (SSSR count). The van der Waals surface area contributed by atoms with Crippen LogP contribution in [0, 0.1) is 0 Å². The first-order chi connectivity index (χ1) is 9.95. The molecule has 1 aromatic heterocycles. The Bertz CT molecular complexity index is 618. The Balaban J connectivity index is 1.68. The Morgan fingerprint density at radius 2 is 2.19 bits per heavy atom. The maximum absolute atomic E-state index is 12.1. The summed E-state index contributed by atoms with van der Waals surface area (Å²) in [6.45, 7) is 0.491. The van der Waals surface area contributed by atoms with Crippen molar-refractivity contribution in [2.75, 3.05) is 20.1 Å². The Labute approximate surface area is 130 Å². The molecule has 0 aromatic carbocycles. The molecule has 0 radical (unpaired) electrons. The molecule has 3 heterocycles. The third-order valence-electron chi connectivity index (χ3n) is 3.79. The van der Waals surface area contributed by atoms with Crippen LogP contribution in [0.2, 0.25) is 4.34 Å². The summed E-state index contributed by atoms with van der Waals surface area (Å²) in [7, 11) is 1.62. The lowest BCUT2D eigenvalue weighted by Crippen LogP contribution is -2.55. The van der Waals surface area contributed by atoms with Crippen LogP contribution in [0.4, 0.5) is 0 Å². The smallest absolute Gasteiger partial charge is 0.261 e. The maximum Gasteiger partial charge on any atom is 0.261 e. The Hall–Kier alpha value is -1.60. The van der Waals surface area contributed by atoms with Gasteiger partial charge in [0.25, 0.3) is 5.91 Å². The van der Waals surface area contributed by atoms with Crippen LogP contribution in [-0.4, -0.2) is 59.7 Å². The van der Waals surface area contributed by atoms with Crippen molar-refractivity contribution >= 4 is 40.7 Å². The summed E-state index contributed by atoms with van der Waals surface area (Å²) >= 11 is 7.01. The van der Waals surface area contributed by atoms with Crippen molar-refractivity contribution < 1.29 is 14.4 Å². The number of hydrogen-bond acceptors (Lipinski definition) is 4. The highest BCUT2D eigenvalue weighted by molar-refractivity contribution is 7.18. The third-order valence-corrected chi connectivity index (χ3v) is 5.02. The SMILES string of the molecule is CN1CC(=O)N2C[C@@H](NC(=O)c3ccc(Cl)s3)C[C@H]2C1=O. The summed E-state index contributed by atoms with van der Waals surface area (Å²) in [6, 6.07) is 2.67. The first kappa shape index (κ1) is 14.3. The van der Waals surface area contributed by atoms with E-state index in [-0.39, 0.29) is 30.3 Å². The molecule has 0 spiro atoms. The highest BCUT2D eigenvalue weighted by atomic mass is 35.5. The number of likely N-dealkylation sites (N-methyl/N-ethyl adjacent to an activating group) is 1. The summed E-state index contributed by atoms with van der Waals surface area (Å²) in [4.78, 5) is 39.6. The van der Waals surface area contributed by atoms with Gasteiger partial charge in [0.05, 0.1) is 15.8 Å². The average molecular weight is 328 g/mol. The lowest BCUT2D eigenvalue weighted by atomic mass is 10.1. The van der Waals surface area contributed by atoms with E-state index in [0.29, 0.717) is 22.2 Å². The van der Waals surface area contributed by atoms with Gasteiger partial charge in [-0.15, -0.1) is 11.3 Å². The molecular formula is C13H14ClN3O3S. The fourth-order valence-corrected chi connectivity index (χ4v) is 3.72. The minimum absolute atomic E-state index is 0.0643. The van der Waals surface area contributed by atoms with Gasteiger partial charge in [-0.05, 0) is 18.6 Å². The molecule has 2 atom stereocenters. The number of thiophene rings is 1. The van der Waals surface area contributed by atoms with Crippen LogP contribution < -0.4 is 5.32 Å². The number of amides is 3. The largest absolute Gasteiger partial charge is 0.347 e. The number of halogens is 1. The maximum atomic E-state index is 12.1. The van der Waals surface area contributed by atoms with Crippen molar-refractivity contribution in [3.63, 3.8) is 0 Å². The van der Waals surface area contributed by atoms with Crippen LogP contribution in [0.15, 0.2) is 12.1 Å². The fourth-order valence-electron chi connectivity index (χ4n) is 2.77. The van der Waals surface area contributed by atoms with Crippen molar-refractivity contribution in [3.05, 3.63) is 21.3 Å². The zero-order valence-corrected chi connectivity index (χ0v) is 12.9. The van der Waals surface area contributed by atoms with Gasteiger partial charge in [0, 0.05) is 19.6 Å². The molecule has 3 amide bonds. The van der Waals surface area contributed by atoms with Gasteiger partial charge in [-0.25, -0.2) is 0 Å². The second kappa shape index (κ2) is 5.31. The van der Waals surface area contributed by atoms with Crippen molar-refractivity contribution in [1.82, 2.24) is 15.1 Å². The van der Waals surface area contributed by atoms with E-state index >= 15 is 0 Å². The average Bonchev–Trinajstić information content (AvgIpc) is 3.03. The fraction of sp³-hybridized carbons (Fsp3) is 0.462. The van der Waals surface area contributed by atoms with Crippen molar-refractivity contribution in [2.45, 2.75) is 18.5 Å². The molecule has 1 aromatic rings. The molecule has 112 valence electrons. The Morgan fingerprint density at radius 3 is 2.86 bits per heavy atom. The van der Waals surface area contributed by atoms with E-state index in [1.807, 2.05) is 0 Å². The van der Waals surface area contributed by atoms with E-state index in [2.05, 4.69) is 5.32 Å². The van der Waals surface area contributed by atoms with E-state index in [1.54, 1.807) is 24.1 Å². The van der Waals surface area contributed by atoms with Crippen LogP contribution in [0.5, 0.6) is 0 Å². The summed E-state index contributed by atoms with van der Waals surface area (Å²) in [6.07, 6.45) is 0.458. The first-order valence-electron chi connectivity index (χ1n) is 6.56. The quantitative estimate of drug-likeness (QED) is 0.863. The van der Waals surface area contributed by atoms with Gasteiger partial charge in [-0.1, -0.05) is 11.6 Å². The van der Waals surface area contributed by atoms with E-state index < -0.39 is 6.04 Å². The van der Waals surface area contributed by atoms with Crippen LogP contribution in [0.3, 0.4) is 0 Å². The molecular weight excluding hydrogens is 314 g/mol. The summed E-state index contributed by atoms with van der Waals surface area (Å²) in [5.74, 6) is -0.353. The van der Waals surface area contributed by atoms with Gasteiger partial charge in [0.1, 0.15) is 6.04 Å². The summed E-state index contributed by atoms with van der Waals surface area (Å²) in [5.41, 5.74) is 0. The monoisotopic (exact) mass is 327 g/mol. The molecule has 0 saturated carbocycles. The van der Waals surface area contributed by atoms with Gasteiger partial charge in [-0.2, -0.15) is 0 Å². The normalized spacial score (nSPS) is 25.2. The zero-order chi connectivity index (χ0) is 15.1. The minimum Gasteiger partial charge on any atom is -0.347 e. The van der Waals surface area contributed by atoms with E-state index in [0.717, 1.165) is 0 Å². The molecule has 1 N–H and O–H groups in total. The number of fused-ring (bicyclic) bond motifs is 1. The van der Waals surface area contributed by atoms with Gasteiger partial charge < -0.3 is 15.1 Å². The molecule has 2 aliphatic rings. The number of nitrogens with zero attached hydrogens (tertiary/aromatic N) is 2. The topological polar surface area (TPSA) is 69.7 Å². The molecule has 0 aliphatic carbocycles. The molecule has 0 bridgehead atoms. The minimum atomic E-state index is -0.450. The zero-order valence-electron chi connectivity index (χ0n) is 11.3. The summed E-state index contributed by atoms with van der Waals surface area (Å²) < 4.78 is 0.552. The Kier molecular flexibility index (Phi) is 3.62. The van der Waals surface area contributed by atoms with Crippen LogP contribution in [0.25, 0.3) is 0 Å². The van der Waals surface area contributed by atoms with Gasteiger partial charge >= 0.3 is 0 Å². The van der Waals surface area contributed by atoms with Crippen LogP contribution >= 0.6 is 22.9 Å². The standard InChI is InChI=1S/C13H14ClN3O3S/c1-16-6-11(18)17-5-7(4-8(17)13(16)20)15-12(19)9-2-3-10(14)21-9/h2-3,7-8H,4-6H2,1H3,(H,15,19)/t7-,8-/m0/s1. The molecule has 0 unspecified atom stereocenters. The van der Waals surface area contributed by atoms with Gasteiger partial charge in [-0.3, -0.25) is 14.4 Å². The van der Waals surface area contributed by atoms with Crippen LogP contribution in [0.1, 0.15) is 16.1 Å². The first-order valence-corrected chi connectivity index (χ1v) is 7.76. The highest BCUT2D eigenvalue weighted by Gasteiger charge is 2.44. The molecule has 2 saturated heterocycles. The lowest BCUT2D eigenvalue weighted by molar-refractivity contribution is -0.152. The van der Waals surface area contributed by atoms with E-state index in [9.17, 15) is 14.4 Å². The van der Waals surface area contributed by atoms with Crippen molar-refractivity contribution in [2.24, 2.45) is 0 Å². The predicted octanol–water partition coefficient (Wildman–Crippen LogP) is 0.573. The number of nitrogens with one attached hydrogen (secondary N) is 1. The number of carbonyl (C=O) groups is 3. The van der Waals surface area contributed by atoms with Crippen molar-refractivity contribution in [1.29, 1.82) is 0 Å². The highest BCUT2D eigenvalue weighted by Crippen LogP contribution is 2.25. The number of carbonyl (C=O) groups excluding carboxylic acids is 3. The number of hydrogen-bond donors (Lipinski definition) is 1. The van der Waals surface area contributed by atoms with Crippen molar-refractivity contribution in [3.8, 4) is 0 Å². The lowest BCUT2D eigenvalue weighted by Gasteiger charge is -2.33. The van der Waals surface area contributed by atoms with E-state index in [1.165, 1.54) is 16.2 Å². The second-order valence-corrected chi connectivity index (χ2v) is 6.98. The summed E-state index contributed by atoms with van der Waals surface area (Å²) in [5, 5.41) is 2.87. The number of rotatable bonds is 2. The molecule has 2 fully saturated rings. The predicted molar refractivity (Wildman–Crippen MR) is 78.3 cm³/mol. The van der Waals surface area contributed by atoms with E-state index in [4.69, 9.17) is 11.6 Å². The molecule has 21 heavy (non-hydrogen) atoms. The van der Waals surface area contributed by atoms with Crippen LogP contribution in [-0.2, 0) is 9.59 Å².